The number of carbonyl (C=O) groups excluding carboxylic acids is 1. The molecule has 1 unspecified atom stereocenters. The molecule has 5 heteroatoms. The van der Waals surface area contributed by atoms with Crippen molar-refractivity contribution >= 4 is 30.7 Å². The molecule has 1 fully saturated rings. The van der Waals surface area contributed by atoms with Gasteiger partial charge in [-0.3, -0.25) is 4.79 Å². The van der Waals surface area contributed by atoms with Gasteiger partial charge in [-0.2, -0.15) is 0 Å². The highest BCUT2D eigenvalue weighted by atomic mass is 35.5. The number of nitrogens with one attached hydrogen (secondary N) is 1. The van der Waals surface area contributed by atoms with Crippen LogP contribution in [-0.2, 0) is 4.79 Å². The summed E-state index contributed by atoms with van der Waals surface area (Å²) in [6.07, 6.45) is 10.6. The Morgan fingerprint density at radius 2 is 1.95 bits per heavy atom. The van der Waals surface area contributed by atoms with Crippen LogP contribution < -0.4 is 11.1 Å². The number of unbranched alkanes of at least 4 members (excludes halogenated alkanes) is 1. The third-order valence-corrected chi connectivity index (χ3v) is 3.63. The van der Waals surface area contributed by atoms with Gasteiger partial charge in [-0.05, 0) is 31.6 Å². The lowest BCUT2D eigenvalue weighted by atomic mass is 9.84. The Balaban J connectivity index is 0. The van der Waals surface area contributed by atoms with E-state index in [1.165, 1.54) is 32.1 Å². The van der Waals surface area contributed by atoms with E-state index in [1.807, 2.05) is 6.08 Å². The second-order valence-electron chi connectivity index (χ2n) is 4.99. The first-order valence-corrected chi connectivity index (χ1v) is 6.88. The largest absolute Gasteiger partial charge is 0.352 e. The monoisotopic (exact) mass is 310 g/mol. The summed E-state index contributed by atoms with van der Waals surface area (Å²) < 4.78 is 0. The number of halogens is 2. The molecule has 0 spiro atoms. The SMILES string of the molecule is C=CCCCC(=O)NC(CN)C1CCCCC1.Cl.Cl. The van der Waals surface area contributed by atoms with Crippen LogP contribution in [-0.4, -0.2) is 18.5 Å². The van der Waals surface area contributed by atoms with Gasteiger partial charge in [0, 0.05) is 19.0 Å². The van der Waals surface area contributed by atoms with Crippen LogP contribution in [0.2, 0.25) is 0 Å². The Bertz CT molecular complexity index is 244. The average Bonchev–Trinajstić information content (AvgIpc) is 2.37. The molecule has 0 heterocycles. The molecule has 0 aromatic rings. The van der Waals surface area contributed by atoms with Crippen LogP contribution in [0.1, 0.15) is 51.4 Å². The van der Waals surface area contributed by atoms with E-state index in [1.54, 1.807) is 0 Å². The number of rotatable bonds is 7. The van der Waals surface area contributed by atoms with Gasteiger partial charge in [-0.15, -0.1) is 31.4 Å². The van der Waals surface area contributed by atoms with Crippen LogP contribution in [0.4, 0.5) is 0 Å². The molecule has 1 amide bonds. The molecule has 1 atom stereocenters. The van der Waals surface area contributed by atoms with E-state index >= 15 is 0 Å². The van der Waals surface area contributed by atoms with Crippen molar-refractivity contribution in [3.8, 4) is 0 Å². The normalized spacial score (nSPS) is 16.7. The molecule has 0 radical (unpaired) electrons. The molecular formula is C14H28Cl2N2O. The summed E-state index contributed by atoms with van der Waals surface area (Å²) in [5.41, 5.74) is 5.78. The lowest BCUT2D eigenvalue weighted by Gasteiger charge is -2.30. The summed E-state index contributed by atoms with van der Waals surface area (Å²) in [5, 5.41) is 3.10. The zero-order valence-corrected chi connectivity index (χ0v) is 13.2. The van der Waals surface area contributed by atoms with Crippen molar-refractivity contribution in [3.63, 3.8) is 0 Å². The molecule has 1 saturated carbocycles. The first kappa shape index (κ1) is 21.1. The molecule has 0 aromatic carbocycles. The first-order valence-electron chi connectivity index (χ1n) is 6.88. The molecule has 3 nitrogen and oxygen atoms in total. The highest BCUT2D eigenvalue weighted by Crippen LogP contribution is 2.26. The van der Waals surface area contributed by atoms with Crippen molar-refractivity contribution < 1.29 is 4.79 Å². The second kappa shape index (κ2) is 12.8. The van der Waals surface area contributed by atoms with Crippen molar-refractivity contribution in [2.75, 3.05) is 6.54 Å². The molecule has 0 saturated heterocycles. The summed E-state index contributed by atoms with van der Waals surface area (Å²) in [6, 6.07) is 0.187. The Morgan fingerprint density at radius 3 is 2.47 bits per heavy atom. The van der Waals surface area contributed by atoms with Crippen molar-refractivity contribution in [1.82, 2.24) is 5.32 Å². The average molecular weight is 311 g/mol. The number of allylic oxidation sites excluding steroid dienone is 1. The zero-order valence-electron chi connectivity index (χ0n) is 11.6. The summed E-state index contributed by atoms with van der Waals surface area (Å²) in [4.78, 5) is 11.7. The molecule has 0 aromatic heterocycles. The lowest BCUT2D eigenvalue weighted by molar-refractivity contribution is -0.122. The van der Waals surface area contributed by atoms with Gasteiger partial charge in [-0.1, -0.05) is 25.3 Å². The molecular weight excluding hydrogens is 283 g/mol. The molecule has 19 heavy (non-hydrogen) atoms. The maximum Gasteiger partial charge on any atom is 0.220 e. The van der Waals surface area contributed by atoms with E-state index in [9.17, 15) is 4.79 Å². The van der Waals surface area contributed by atoms with Gasteiger partial charge in [0.1, 0.15) is 0 Å². The molecule has 1 rings (SSSR count). The van der Waals surface area contributed by atoms with Crippen molar-refractivity contribution in [2.45, 2.75) is 57.4 Å². The fraction of sp³-hybridized carbons (Fsp3) is 0.786. The standard InChI is InChI=1S/C14H26N2O.2ClH/c1-2-3-5-10-14(17)16-13(11-15)12-8-6-4-7-9-12;;/h2,12-13H,1,3-11,15H2,(H,16,17);2*1H. The van der Waals surface area contributed by atoms with Gasteiger partial charge in [0.05, 0.1) is 0 Å². The molecule has 0 bridgehead atoms. The minimum absolute atomic E-state index is 0. The number of nitrogens with two attached hydrogens (primary N) is 1. The summed E-state index contributed by atoms with van der Waals surface area (Å²) in [7, 11) is 0. The van der Waals surface area contributed by atoms with Crippen molar-refractivity contribution in [1.29, 1.82) is 0 Å². The maximum atomic E-state index is 11.7. The highest BCUT2D eigenvalue weighted by molar-refractivity contribution is 5.85. The minimum atomic E-state index is 0. The molecule has 0 aliphatic heterocycles. The van der Waals surface area contributed by atoms with Gasteiger partial charge in [0.2, 0.25) is 5.91 Å². The summed E-state index contributed by atoms with van der Waals surface area (Å²) in [6.45, 7) is 4.22. The molecule has 1 aliphatic rings. The number of hydrogen-bond donors (Lipinski definition) is 2. The van der Waals surface area contributed by atoms with Gasteiger partial charge < -0.3 is 11.1 Å². The fourth-order valence-corrected chi connectivity index (χ4v) is 2.59. The lowest BCUT2D eigenvalue weighted by Crippen LogP contribution is -2.45. The Morgan fingerprint density at radius 1 is 1.32 bits per heavy atom. The van der Waals surface area contributed by atoms with Crippen LogP contribution in [0.3, 0.4) is 0 Å². The summed E-state index contributed by atoms with van der Waals surface area (Å²) >= 11 is 0. The van der Waals surface area contributed by atoms with Gasteiger partial charge in [0.25, 0.3) is 0 Å². The van der Waals surface area contributed by atoms with Crippen LogP contribution in [0, 0.1) is 5.92 Å². The summed E-state index contributed by atoms with van der Waals surface area (Å²) in [5.74, 6) is 0.741. The van der Waals surface area contributed by atoms with E-state index < -0.39 is 0 Å². The van der Waals surface area contributed by atoms with E-state index in [4.69, 9.17) is 5.73 Å². The third kappa shape index (κ3) is 8.51. The predicted molar refractivity (Wildman–Crippen MR) is 86.1 cm³/mol. The van der Waals surface area contributed by atoms with Crippen LogP contribution >= 0.6 is 24.8 Å². The fourth-order valence-electron chi connectivity index (χ4n) is 2.59. The van der Waals surface area contributed by atoms with E-state index in [0.717, 1.165) is 12.8 Å². The van der Waals surface area contributed by atoms with Gasteiger partial charge in [-0.25, -0.2) is 0 Å². The van der Waals surface area contributed by atoms with Gasteiger partial charge >= 0.3 is 0 Å². The Labute approximate surface area is 129 Å². The second-order valence-corrected chi connectivity index (χ2v) is 4.99. The smallest absolute Gasteiger partial charge is 0.220 e. The number of carbonyl (C=O) groups is 1. The van der Waals surface area contributed by atoms with Gasteiger partial charge in [0.15, 0.2) is 0 Å². The number of amides is 1. The van der Waals surface area contributed by atoms with E-state index in [0.29, 0.717) is 18.9 Å². The van der Waals surface area contributed by atoms with Crippen LogP contribution in [0.15, 0.2) is 12.7 Å². The number of hydrogen-bond acceptors (Lipinski definition) is 2. The maximum absolute atomic E-state index is 11.7. The quantitative estimate of drug-likeness (QED) is 0.560. The predicted octanol–water partition coefficient (Wildman–Crippen LogP) is 3.21. The molecule has 3 N–H and O–H groups in total. The Hall–Kier alpha value is -0.250. The van der Waals surface area contributed by atoms with Crippen molar-refractivity contribution in [2.24, 2.45) is 11.7 Å². The van der Waals surface area contributed by atoms with Crippen LogP contribution in [0.25, 0.3) is 0 Å². The van der Waals surface area contributed by atoms with Crippen LogP contribution in [0.5, 0.6) is 0 Å². The third-order valence-electron chi connectivity index (χ3n) is 3.63. The minimum Gasteiger partial charge on any atom is -0.352 e. The zero-order chi connectivity index (χ0) is 12.5. The van der Waals surface area contributed by atoms with Crippen molar-refractivity contribution in [3.05, 3.63) is 12.7 Å². The highest BCUT2D eigenvalue weighted by Gasteiger charge is 2.23. The Kier molecular flexibility index (Phi) is 14.1. The molecule has 114 valence electrons. The van der Waals surface area contributed by atoms with E-state index in [-0.39, 0.29) is 36.8 Å². The molecule has 1 aliphatic carbocycles. The topological polar surface area (TPSA) is 55.1 Å². The first-order chi connectivity index (χ1) is 8.27. The van der Waals surface area contributed by atoms with E-state index in [2.05, 4.69) is 11.9 Å².